The number of rotatable bonds is 7. The Labute approximate surface area is 227 Å². The van der Waals surface area contributed by atoms with Gasteiger partial charge in [0, 0.05) is 50.7 Å². The molecule has 0 radical (unpaired) electrons. The van der Waals surface area contributed by atoms with E-state index in [9.17, 15) is 4.79 Å². The normalized spacial score (nSPS) is 21.3. The molecule has 5 nitrogen and oxygen atoms in total. The summed E-state index contributed by atoms with van der Waals surface area (Å²) >= 11 is 13.6. The standard InChI is InChI=1S/C28H32Cl2N4OS/c29-24-11-9-20(17-25(24)30)10-12-27(35)31-18-21-5-1-2-6-22(21)19-33-13-15-34(16-14-33)28-23-7-3-4-8-26(23)36-32-28/h3-4,7-12,17,21-22H,1-2,5-6,13-16,18-19H2,(H,31,35)/b12-10+/t21-,22-/m1/s1. The van der Waals surface area contributed by atoms with Crippen LogP contribution in [0.1, 0.15) is 31.2 Å². The highest BCUT2D eigenvalue weighted by Crippen LogP contribution is 2.32. The molecule has 1 saturated carbocycles. The molecule has 2 heterocycles. The summed E-state index contributed by atoms with van der Waals surface area (Å²) in [4.78, 5) is 17.5. The smallest absolute Gasteiger partial charge is 0.244 e. The number of halogens is 2. The number of nitrogens with zero attached hydrogens (tertiary/aromatic N) is 3. The van der Waals surface area contributed by atoms with Crippen molar-refractivity contribution in [3.05, 3.63) is 64.1 Å². The predicted molar refractivity (Wildman–Crippen MR) is 152 cm³/mol. The minimum absolute atomic E-state index is 0.0606. The van der Waals surface area contributed by atoms with Crippen LogP contribution in [0.2, 0.25) is 10.0 Å². The van der Waals surface area contributed by atoms with Gasteiger partial charge in [0.2, 0.25) is 5.91 Å². The summed E-state index contributed by atoms with van der Waals surface area (Å²) in [7, 11) is 0. The number of hydrogen-bond acceptors (Lipinski definition) is 5. The second-order valence-electron chi connectivity index (χ2n) is 9.85. The molecule has 2 fully saturated rings. The maximum absolute atomic E-state index is 12.5. The van der Waals surface area contributed by atoms with Crippen molar-refractivity contribution in [1.82, 2.24) is 14.6 Å². The fourth-order valence-corrected chi connectivity index (χ4v) is 6.55. The van der Waals surface area contributed by atoms with Gasteiger partial charge in [-0.15, -0.1) is 0 Å². The number of carbonyl (C=O) groups excluding carboxylic acids is 1. The number of carbonyl (C=O) groups is 1. The van der Waals surface area contributed by atoms with E-state index in [4.69, 9.17) is 27.6 Å². The molecular formula is C28H32Cl2N4OS. The Bertz CT molecular complexity index is 1220. The number of hydrogen-bond donors (Lipinski definition) is 1. The monoisotopic (exact) mass is 542 g/mol. The van der Waals surface area contributed by atoms with Gasteiger partial charge in [0.1, 0.15) is 5.82 Å². The number of nitrogens with one attached hydrogen (secondary N) is 1. The molecule has 1 aromatic heterocycles. The zero-order chi connectivity index (χ0) is 24.9. The van der Waals surface area contributed by atoms with Crippen LogP contribution in [0.5, 0.6) is 0 Å². The molecule has 1 aliphatic carbocycles. The predicted octanol–water partition coefficient (Wildman–Crippen LogP) is 6.36. The minimum atomic E-state index is -0.0606. The summed E-state index contributed by atoms with van der Waals surface area (Å²) in [5.41, 5.74) is 0.861. The van der Waals surface area contributed by atoms with E-state index in [1.54, 1.807) is 35.8 Å². The third-order valence-corrected chi connectivity index (χ3v) is 9.05. The molecule has 5 rings (SSSR count). The van der Waals surface area contributed by atoms with Crippen LogP contribution < -0.4 is 10.2 Å². The Morgan fingerprint density at radius 2 is 1.81 bits per heavy atom. The van der Waals surface area contributed by atoms with Crippen LogP contribution in [0.3, 0.4) is 0 Å². The van der Waals surface area contributed by atoms with Crippen LogP contribution in [-0.4, -0.2) is 54.4 Å². The molecule has 190 valence electrons. The SMILES string of the molecule is O=C(/C=C/c1ccc(Cl)c(Cl)c1)NC[C@H]1CCCC[C@@H]1CN1CCN(c2nsc3ccccc23)CC1. The highest BCUT2D eigenvalue weighted by molar-refractivity contribution is 7.13. The lowest BCUT2D eigenvalue weighted by Gasteiger charge is -2.40. The third kappa shape index (κ3) is 6.23. The van der Waals surface area contributed by atoms with Crippen molar-refractivity contribution in [2.75, 3.05) is 44.2 Å². The Balaban J connectivity index is 1.11. The van der Waals surface area contributed by atoms with E-state index in [0.717, 1.165) is 50.6 Å². The summed E-state index contributed by atoms with van der Waals surface area (Å²) in [6.07, 6.45) is 8.33. The van der Waals surface area contributed by atoms with E-state index < -0.39 is 0 Å². The minimum Gasteiger partial charge on any atom is -0.353 e. The topological polar surface area (TPSA) is 48.5 Å². The van der Waals surface area contributed by atoms with Gasteiger partial charge >= 0.3 is 0 Å². The largest absolute Gasteiger partial charge is 0.353 e. The molecule has 0 unspecified atom stereocenters. The molecule has 2 atom stereocenters. The van der Waals surface area contributed by atoms with E-state index in [2.05, 4.69) is 39.4 Å². The van der Waals surface area contributed by atoms with Gasteiger partial charge in [-0.25, -0.2) is 0 Å². The second kappa shape index (κ2) is 12.0. The van der Waals surface area contributed by atoms with Crippen molar-refractivity contribution in [3.63, 3.8) is 0 Å². The van der Waals surface area contributed by atoms with Crippen molar-refractivity contribution < 1.29 is 4.79 Å². The van der Waals surface area contributed by atoms with Crippen molar-refractivity contribution in [1.29, 1.82) is 0 Å². The third-order valence-electron chi connectivity index (χ3n) is 7.50. The van der Waals surface area contributed by atoms with Gasteiger partial charge in [-0.1, -0.05) is 54.2 Å². The van der Waals surface area contributed by atoms with Crippen LogP contribution >= 0.6 is 34.7 Å². The zero-order valence-electron chi connectivity index (χ0n) is 20.3. The molecule has 36 heavy (non-hydrogen) atoms. The quantitative estimate of drug-likeness (QED) is 0.353. The van der Waals surface area contributed by atoms with Crippen molar-refractivity contribution in [2.45, 2.75) is 25.7 Å². The highest BCUT2D eigenvalue weighted by Gasteiger charge is 2.29. The number of fused-ring (bicyclic) bond motifs is 1. The lowest BCUT2D eigenvalue weighted by atomic mass is 9.78. The molecule has 2 aromatic carbocycles. The summed E-state index contributed by atoms with van der Waals surface area (Å²) in [5.74, 6) is 2.24. The van der Waals surface area contributed by atoms with Crippen molar-refractivity contribution in [2.24, 2.45) is 11.8 Å². The molecule has 1 amide bonds. The Hall–Kier alpha value is -2.12. The van der Waals surface area contributed by atoms with Gasteiger partial charge in [-0.2, -0.15) is 4.37 Å². The van der Waals surface area contributed by atoms with Gasteiger partial charge in [-0.05, 0) is 72.1 Å². The van der Waals surface area contributed by atoms with Crippen LogP contribution in [-0.2, 0) is 4.79 Å². The molecular weight excluding hydrogens is 511 g/mol. The number of piperazine rings is 1. The average molecular weight is 544 g/mol. The zero-order valence-corrected chi connectivity index (χ0v) is 22.7. The maximum atomic E-state index is 12.5. The molecule has 8 heteroatoms. The van der Waals surface area contributed by atoms with E-state index >= 15 is 0 Å². The molecule has 2 aliphatic rings. The summed E-state index contributed by atoms with van der Waals surface area (Å²) < 4.78 is 6.00. The molecule has 1 saturated heterocycles. The maximum Gasteiger partial charge on any atom is 0.244 e. The van der Waals surface area contributed by atoms with E-state index in [1.165, 1.54) is 35.8 Å². The van der Waals surface area contributed by atoms with Gasteiger partial charge in [-0.3, -0.25) is 9.69 Å². The first-order chi connectivity index (χ1) is 17.6. The van der Waals surface area contributed by atoms with E-state index in [1.807, 2.05) is 6.07 Å². The van der Waals surface area contributed by atoms with Crippen LogP contribution in [0.4, 0.5) is 5.82 Å². The van der Waals surface area contributed by atoms with Crippen molar-refractivity contribution >= 4 is 62.6 Å². The lowest BCUT2D eigenvalue weighted by Crippen LogP contribution is -2.49. The second-order valence-corrected chi connectivity index (χ2v) is 11.5. The van der Waals surface area contributed by atoms with Gasteiger partial charge in [0.05, 0.1) is 14.7 Å². The number of anilines is 1. The Morgan fingerprint density at radius 3 is 2.61 bits per heavy atom. The molecule has 3 aromatic rings. The molecule has 0 spiro atoms. The summed E-state index contributed by atoms with van der Waals surface area (Å²) in [5, 5.41) is 5.41. The van der Waals surface area contributed by atoms with Crippen LogP contribution in [0.25, 0.3) is 16.2 Å². The van der Waals surface area contributed by atoms with Crippen molar-refractivity contribution in [3.8, 4) is 0 Å². The van der Waals surface area contributed by atoms with Gasteiger partial charge in [0.25, 0.3) is 0 Å². The molecule has 0 bridgehead atoms. The van der Waals surface area contributed by atoms with Gasteiger partial charge < -0.3 is 10.2 Å². The van der Waals surface area contributed by atoms with E-state index in [0.29, 0.717) is 21.9 Å². The highest BCUT2D eigenvalue weighted by atomic mass is 35.5. The molecule has 1 N–H and O–H groups in total. The van der Waals surface area contributed by atoms with E-state index in [-0.39, 0.29) is 5.91 Å². The lowest BCUT2D eigenvalue weighted by molar-refractivity contribution is -0.116. The summed E-state index contributed by atoms with van der Waals surface area (Å²) in [6, 6.07) is 13.9. The number of benzene rings is 2. The Morgan fingerprint density at radius 1 is 1.03 bits per heavy atom. The van der Waals surface area contributed by atoms with Crippen LogP contribution in [0, 0.1) is 11.8 Å². The first-order valence-corrected chi connectivity index (χ1v) is 14.3. The van der Waals surface area contributed by atoms with Gasteiger partial charge in [0.15, 0.2) is 0 Å². The first kappa shape index (κ1) is 25.5. The fourth-order valence-electron chi connectivity index (χ4n) is 5.45. The average Bonchev–Trinajstić information content (AvgIpc) is 3.33. The number of amides is 1. The van der Waals surface area contributed by atoms with Crippen LogP contribution in [0.15, 0.2) is 48.5 Å². The Kier molecular flexibility index (Phi) is 8.47. The fraction of sp³-hybridized carbons (Fsp3) is 0.429. The number of aromatic nitrogens is 1. The first-order valence-electron chi connectivity index (χ1n) is 12.8. The summed E-state index contributed by atoms with van der Waals surface area (Å²) in [6.45, 7) is 6.01. The molecule has 1 aliphatic heterocycles.